The van der Waals surface area contributed by atoms with Gasteiger partial charge in [0.1, 0.15) is 10.7 Å². The molecule has 0 saturated carbocycles. The van der Waals surface area contributed by atoms with Crippen LogP contribution in [0.5, 0.6) is 0 Å². The molecule has 4 aromatic carbocycles. The maximum atomic E-state index is 13.8. The van der Waals surface area contributed by atoms with Gasteiger partial charge < -0.3 is 18.4 Å². The van der Waals surface area contributed by atoms with Gasteiger partial charge in [0.2, 0.25) is 0 Å². The first-order valence-electron chi connectivity index (χ1n) is 16.2. The maximum absolute atomic E-state index is 13.8. The molecule has 3 N–H and O–H groups in total. The summed E-state index contributed by atoms with van der Waals surface area (Å²) in [4.78, 5) is 63.3. The molecule has 12 rings (SSSR count). The van der Waals surface area contributed by atoms with E-state index in [2.05, 4.69) is 19.5 Å². The number of nitrogens with zero attached hydrogens (tertiary/aromatic N) is 3. The molecule has 50 heavy (non-hydrogen) atoms. The minimum atomic E-state index is -0.476. The molecule has 0 fully saturated rings. The van der Waals surface area contributed by atoms with Gasteiger partial charge in [0.25, 0.3) is 22.2 Å². The summed E-state index contributed by atoms with van der Waals surface area (Å²) in [5, 5.41) is 7.65. The van der Waals surface area contributed by atoms with Gasteiger partial charge in [-0.1, -0.05) is 72.8 Å². The van der Waals surface area contributed by atoms with E-state index in [4.69, 9.17) is 0 Å². The molecule has 4 aromatic heterocycles. The summed E-state index contributed by atoms with van der Waals surface area (Å²) in [5.41, 5.74) is 3.69. The van der Waals surface area contributed by atoms with Gasteiger partial charge >= 0.3 is 0 Å². The second-order valence-electron chi connectivity index (χ2n) is 13.0. The SMILES string of the molecule is O=c1[nH]c(=O)c2n3cc(-n4c5ccccc5c5c6c(=O)[nH]c(=O)c=6n6ccc7cccc(c54)c76)c4cccc(c5[nH]c6ccccc6c5c1=2)c43. The predicted molar refractivity (Wildman–Crippen MR) is 194 cm³/mol. The summed E-state index contributed by atoms with van der Waals surface area (Å²) in [6, 6.07) is 29.6. The highest BCUT2D eigenvalue weighted by Crippen LogP contribution is 2.41. The van der Waals surface area contributed by atoms with Crippen molar-refractivity contribution in [2.24, 2.45) is 0 Å². The standard InChI is InChI=1S/C40H20N6O4/c47-37-29-27-19-8-1-3-13-24(19)41-31(27)22-11-6-10-21-26(17-45(33(21)22)36(29)40(50)42-37)46-25-14-4-2-9-20(25)28-30-35(39(49)43-38(30)48)44-16-15-18-7-5-12-23(32(18)44)34(28)46/h1-17,41H,(H,42,47,50)(H,43,48,49). The van der Waals surface area contributed by atoms with E-state index in [1.54, 1.807) is 0 Å². The number of hydrogen-bond donors (Lipinski definition) is 3. The number of nitrogens with one attached hydrogen (secondary N) is 3. The van der Waals surface area contributed by atoms with Crippen molar-refractivity contribution in [1.29, 1.82) is 0 Å². The van der Waals surface area contributed by atoms with Crippen LogP contribution >= 0.6 is 0 Å². The quantitative estimate of drug-likeness (QED) is 0.212. The topological polar surface area (TPSA) is 129 Å². The molecule has 234 valence electrons. The van der Waals surface area contributed by atoms with Crippen molar-refractivity contribution in [3.8, 4) is 5.69 Å². The number of fused-ring (bicyclic) bond motifs is 12. The monoisotopic (exact) mass is 648 g/mol. The fourth-order valence-electron chi connectivity index (χ4n) is 8.81. The van der Waals surface area contributed by atoms with Crippen LogP contribution in [0, 0.1) is 21.1 Å². The first-order valence-corrected chi connectivity index (χ1v) is 16.2. The smallest absolute Gasteiger partial charge is 0.275 e. The van der Waals surface area contributed by atoms with Gasteiger partial charge in [-0.2, -0.15) is 0 Å². The second-order valence-corrected chi connectivity index (χ2v) is 13.0. The van der Waals surface area contributed by atoms with Crippen molar-refractivity contribution in [2.45, 2.75) is 0 Å². The Hall–Kier alpha value is -7.20. The third-order valence-electron chi connectivity index (χ3n) is 10.7. The van der Waals surface area contributed by atoms with Crippen molar-refractivity contribution < 1.29 is 0 Å². The molecule has 0 unspecified atom stereocenters. The van der Waals surface area contributed by atoms with Gasteiger partial charge in [0.15, 0.2) is 0 Å². The van der Waals surface area contributed by atoms with Crippen molar-refractivity contribution in [3.63, 3.8) is 0 Å². The lowest BCUT2D eigenvalue weighted by Gasteiger charge is -2.08. The lowest BCUT2D eigenvalue weighted by molar-refractivity contribution is 1.09. The minimum Gasteiger partial charge on any atom is -0.354 e. The van der Waals surface area contributed by atoms with E-state index in [1.165, 1.54) is 0 Å². The molecule has 10 heteroatoms. The average Bonchev–Trinajstić information content (AvgIpc) is 3.94. The van der Waals surface area contributed by atoms with Gasteiger partial charge in [-0.05, 0) is 18.2 Å². The van der Waals surface area contributed by atoms with E-state index in [-0.39, 0.29) is 5.35 Å². The summed E-state index contributed by atoms with van der Waals surface area (Å²) >= 11 is 0. The molecule has 4 aliphatic heterocycles. The van der Waals surface area contributed by atoms with Crippen molar-refractivity contribution >= 4 is 76.2 Å². The Kier molecular flexibility index (Phi) is 4.36. The molecule has 0 bridgehead atoms. The number of para-hydroxylation sites is 4. The van der Waals surface area contributed by atoms with Crippen LogP contribution in [0.4, 0.5) is 0 Å². The minimum absolute atomic E-state index is 0.256. The third-order valence-corrected chi connectivity index (χ3v) is 10.7. The lowest BCUT2D eigenvalue weighted by Crippen LogP contribution is -2.09. The molecule has 8 aromatic rings. The van der Waals surface area contributed by atoms with Gasteiger partial charge in [0, 0.05) is 61.0 Å². The molecule has 0 aliphatic carbocycles. The fraction of sp³-hybridized carbons (Fsp3) is 0. The van der Waals surface area contributed by atoms with Gasteiger partial charge in [0.05, 0.1) is 43.7 Å². The molecule has 10 nitrogen and oxygen atoms in total. The van der Waals surface area contributed by atoms with Crippen molar-refractivity contribution in [2.75, 3.05) is 0 Å². The van der Waals surface area contributed by atoms with E-state index in [0.717, 1.165) is 71.1 Å². The molecule has 0 spiro atoms. The largest absolute Gasteiger partial charge is 0.354 e. The predicted octanol–water partition coefficient (Wildman–Crippen LogP) is 5.65. The highest BCUT2D eigenvalue weighted by Gasteiger charge is 2.25. The Morgan fingerprint density at radius 3 is 1.98 bits per heavy atom. The fourth-order valence-corrected chi connectivity index (χ4v) is 8.81. The summed E-state index contributed by atoms with van der Waals surface area (Å²) in [7, 11) is 0. The Morgan fingerprint density at radius 2 is 1.14 bits per heavy atom. The number of H-pyrrole nitrogens is 3. The summed E-state index contributed by atoms with van der Waals surface area (Å²) in [5.74, 6) is 0. The van der Waals surface area contributed by atoms with E-state index >= 15 is 0 Å². The molecular weight excluding hydrogens is 628 g/mol. The second kappa shape index (κ2) is 8.44. The molecule has 8 heterocycles. The van der Waals surface area contributed by atoms with E-state index in [1.807, 2.05) is 112 Å². The molecule has 0 saturated heterocycles. The number of aromatic amines is 3. The molecule has 4 aliphatic rings. The maximum Gasteiger partial charge on any atom is 0.275 e. The van der Waals surface area contributed by atoms with Crippen LogP contribution in [0.1, 0.15) is 0 Å². The number of benzene rings is 4. The van der Waals surface area contributed by atoms with E-state index in [9.17, 15) is 19.2 Å². The van der Waals surface area contributed by atoms with Crippen LogP contribution in [0.15, 0.2) is 123 Å². The number of aromatic nitrogens is 6. The van der Waals surface area contributed by atoms with E-state index < -0.39 is 22.2 Å². The number of rotatable bonds is 1. The van der Waals surface area contributed by atoms with Gasteiger partial charge in [-0.25, -0.2) is 0 Å². The zero-order valence-electron chi connectivity index (χ0n) is 25.8. The van der Waals surface area contributed by atoms with Crippen LogP contribution in [-0.4, -0.2) is 28.3 Å². The third kappa shape index (κ3) is 2.80. The molecular formula is C40H20N6O4. The molecule has 0 radical (unpaired) electrons. The lowest BCUT2D eigenvalue weighted by atomic mass is 10.1. The summed E-state index contributed by atoms with van der Waals surface area (Å²) in [6.07, 6.45) is 3.76. The first kappa shape index (κ1) is 25.8. The zero-order chi connectivity index (χ0) is 33.2. The highest BCUT2D eigenvalue weighted by molar-refractivity contribution is 6.22. The van der Waals surface area contributed by atoms with Crippen LogP contribution in [0.3, 0.4) is 0 Å². The molecule has 0 atom stereocenters. The van der Waals surface area contributed by atoms with Crippen LogP contribution in [-0.2, 0) is 0 Å². The van der Waals surface area contributed by atoms with Gasteiger partial charge in [-0.3, -0.25) is 29.1 Å². The molecule has 0 amide bonds. The van der Waals surface area contributed by atoms with Crippen molar-refractivity contribution in [3.05, 3.63) is 166 Å². The van der Waals surface area contributed by atoms with Crippen LogP contribution < -0.4 is 22.2 Å². The van der Waals surface area contributed by atoms with Gasteiger partial charge in [-0.15, -0.1) is 0 Å². The normalized spacial score (nSPS) is 12.7. The Morgan fingerprint density at radius 1 is 0.480 bits per heavy atom. The van der Waals surface area contributed by atoms with E-state index in [0.29, 0.717) is 26.6 Å². The number of hydrogen-bond acceptors (Lipinski definition) is 4. The Bertz CT molecular complexity index is 3880. The first-order chi connectivity index (χ1) is 24.5. The summed E-state index contributed by atoms with van der Waals surface area (Å²) in [6.45, 7) is 0. The average molecular weight is 649 g/mol. The van der Waals surface area contributed by atoms with Crippen LogP contribution in [0.25, 0.3) is 81.9 Å². The Labute approximate surface area is 275 Å². The zero-order valence-corrected chi connectivity index (χ0v) is 25.8. The highest BCUT2D eigenvalue weighted by atomic mass is 16.2. The van der Waals surface area contributed by atoms with Crippen LogP contribution in [0.2, 0.25) is 0 Å². The van der Waals surface area contributed by atoms with Crippen molar-refractivity contribution in [1.82, 2.24) is 28.3 Å². The summed E-state index contributed by atoms with van der Waals surface area (Å²) < 4.78 is 5.80. The Balaban J connectivity index is 1.43.